The van der Waals surface area contributed by atoms with Crippen LogP contribution in [-0.4, -0.2) is 52.1 Å². The molecule has 7 heteroatoms. The minimum Gasteiger partial charge on any atom is -0.385 e. The Kier molecular flexibility index (Phi) is 6.54. The number of sulfone groups is 1. The summed E-state index contributed by atoms with van der Waals surface area (Å²) in [6.07, 6.45) is 1.54. The molecule has 2 atom stereocenters. The van der Waals surface area contributed by atoms with E-state index in [1.165, 1.54) is 7.11 Å². The predicted molar refractivity (Wildman–Crippen MR) is 61.8 cm³/mol. The second-order valence-corrected chi connectivity index (χ2v) is 6.07. The fraction of sp³-hybridized carbons (Fsp3) is 0.889. The predicted octanol–water partition coefficient (Wildman–Crippen LogP) is -1.10. The maximum atomic E-state index is 11.5. The minimum atomic E-state index is -3.09. The number of hydrogen-bond donors (Lipinski definition) is 2. The first kappa shape index (κ1) is 15.3. The van der Waals surface area contributed by atoms with Crippen molar-refractivity contribution in [3.8, 4) is 0 Å². The van der Waals surface area contributed by atoms with Gasteiger partial charge in [-0.25, -0.2) is 8.42 Å². The van der Waals surface area contributed by atoms with Gasteiger partial charge in [-0.1, -0.05) is 0 Å². The van der Waals surface area contributed by atoms with Gasteiger partial charge in [0.25, 0.3) is 0 Å². The number of carbonyl (C=O) groups excluding carboxylic acids is 1. The van der Waals surface area contributed by atoms with E-state index in [2.05, 4.69) is 5.32 Å². The highest BCUT2D eigenvalue weighted by atomic mass is 32.2. The Morgan fingerprint density at radius 2 is 2.06 bits per heavy atom. The number of amides is 1. The maximum Gasteiger partial charge on any atom is 0.237 e. The van der Waals surface area contributed by atoms with Crippen LogP contribution in [0.2, 0.25) is 0 Å². The summed E-state index contributed by atoms with van der Waals surface area (Å²) >= 11 is 0. The summed E-state index contributed by atoms with van der Waals surface area (Å²) in [5.74, 6) is -0.441. The monoisotopic (exact) mass is 252 g/mol. The third-order valence-corrected chi connectivity index (χ3v) is 3.02. The standard InChI is InChI=1S/C9H20N2O4S/c1-7(6-16(3,13)14)11-9(12)8(10)4-5-15-2/h7-8H,4-6,10H2,1-3H3,(H,11,12). The Morgan fingerprint density at radius 1 is 1.50 bits per heavy atom. The lowest BCUT2D eigenvalue weighted by molar-refractivity contribution is -0.123. The van der Waals surface area contributed by atoms with Crippen LogP contribution in [0, 0.1) is 0 Å². The zero-order valence-electron chi connectivity index (χ0n) is 9.89. The first-order valence-corrected chi connectivity index (χ1v) is 7.05. The number of nitrogens with one attached hydrogen (secondary N) is 1. The van der Waals surface area contributed by atoms with Crippen molar-refractivity contribution in [2.24, 2.45) is 5.73 Å². The molecule has 96 valence electrons. The van der Waals surface area contributed by atoms with Gasteiger partial charge in [0, 0.05) is 26.0 Å². The zero-order chi connectivity index (χ0) is 12.8. The second-order valence-electron chi connectivity index (χ2n) is 3.89. The number of methoxy groups -OCH3 is 1. The summed E-state index contributed by atoms with van der Waals surface area (Å²) in [6, 6.07) is -1.10. The average molecular weight is 252 g/mol. The summed E-state index contributed by atoms with van der Waals surface area (Å²) in [6.45, 7) is 2.02. The largest absolute Gasteiger partial charge is 0.385 e. The van der Waals surface area contributed by atoms with Crippen molar-refractivity contribution in [2.45, 2.75) is 25.4 Å². The van der Waals surface area contributed by atoms with Crippen LogP contribution >= 0.6 is 0 Å². The maximum absolute atomic E-state index is 11.5. The fourth-order valence-corrected chi connectivity index (χ4v) is 2.21. The van der Waals surface area contributed by atoms with Crippen LogP contribution in [0.3, 0.4) is 0 Å². The molecule has 2 unspecified atom stereocenters. The molecule has 0 bridgehead atoms. The van der Waals surface area contributed by atoms with Crippen molar-refractivity contribution in [2.75, 3.05) is 25.7 Å². The van der Waals surface area contributed by atoms with Gasteiger partial charge < -0.3 is 15.8 Å². The van der Waals surface area contributed by atoms with Crippen molar-refractivity contribution >= 4 is 15.7 Å². The third kappa shape index (κ3) is 7.61. The van der Waals surface area contributed by atoms with E-state index in [1.807, 2.05) is 0 Å². The molecule has 0 saturated carbocycles. The number of ether oxygens (including phenoxy) is 1. The first-order chi connectivity index (χ1) is 7.26. The smallest absolute Gasteiger partial charge is 0.237 e. The number of rotatable bonds is 7. The van der Waals surface area contributed by atoms with E-state index in [-0.39, 0.29) is 11.7 Å². The Balaban J connectivity index is 4.04. The van der Waals surface area contributed by atoms with Crippen LogP contribution in [-0.2, 0) is 19.4 Å². The molecule has 0 aromatic rings. The molecule has 3 N–H and O–H groups in total. The van der Waals surface area contributed by atoms with Crippen molar-refractivity contribution in [1.29, 1.82) is 0 Å². The molecule has 0 spiro atoms. The highest BCUT2D eigenvalue weighted by molar-refractivity contribution is 7.90. The number of nitrogens with two attached hydrogens (primary N) is 1. The van der Waals surface area contributed by atoms with Crippen molar-refractivity contribution in [3.05, 3.63) is 0 Å². The summed E-state index contributed by atoms with van der Waals surface area (Å²) in [7, 11) is -1.57. The van der Waals surface area contributed by atoms with Gasteiger partial charge in [0.05, 0.1) is 11.8 Å². The van der Waals surface area contributed by atoms with Crippen LogP contribution in [0.15, 0.2) is 0 Å². The molecule has 16 heavy (non-hydrogen) atoms. The van der Waals surface area contributed by atoms with E-state index in [0.717, 1.165) is 6.26 Å². The Bertz CT molecular complexity index is 315. The quantitative estimate of drug-likeness (QED) is 0.599. The van der Waals surface area contributed by atoms with Gasteiger partial charge in [-0.2, -0.15) is 0 Å². The van der Waals surface area contributed by atoms with Crippen molar-refractivity contribution in [1.82, 2.24) is 5.32 Å². The Labute approximate surface area is 96.4 Å². The molecule has 0 aliphatic rings. The zero-order valence-corrected chi connectivity index (χ0v) is 10.7. The fourth-order valence-electron chi connectivity index (χ4n) is 1.22. The van der Waals surface area contributed by atoms with E-state index in [9.17, 15) is 13.2 Å². The molecule has 0 aliphatic carbocycles. The summed E-state index contributed by atoms with van der Waals surface area (Å²) in [5, 5.41) is 2.55. The molecule has 0 rings (SSSR count). The summed E-state index contributed by atoms with van der Waals surface area (Å²) < 4.78 is 26.7. The molecule has 0 aliphatic heterocycles. The summed E-state index contributed by atoms with van der Waals surface area (Å²) in [4.78, 5) is 11.5. The van der Waals surface area contributed by atoms with Gasteiger partial charge in [0.15, 0.2) is 0 Å². The molecule has 0 aromatic heterocycles. The second kappa shape index (κ2) is 6.82. The molecule has 0 heterocycles. The van der Waals surface area contributed by atoms with Crippen molar-refractivity contribution < 1.29 is 17.9 Å². The molecule has 6 nitrogen and oxygen atoms in total. The molecular weight excluding hydrogens is 232 g/mol. The minimum absolute atomic E-state index is 0.0876. The van der Waals surface area contributed by atoms with Crippen LogP contribution in [0.5, 0.6) is 0 Å². The van der Waals surface area contributed by atoms with E-state index < -0.39 is 21.9 Å². The average Bonchev–Trinajstić information content (AvgIpc) is 2.10. The van der Waals surface area contributed by atoms with Gasteiger partial charge in [0.2, 0.25) is 5.91 Å². The molecule has 1 amide bonds. The lowest BCUT2D eigenvalue weighted by atomic mass is 10.2. The van der Waals surface area contributed by atoms with Gasteiger partial charge in [0.1, 0.15) is 9.84 Å². The highest BCUT2D eigenvalue weighted by Gasteiger charge is 2.17. The molecular formula is C9H20N2O4S. The van der Waals surface area contributed by atoms with Crippen LogP contribution in [0.1, 0.15) is 13.3 Å². The first-order valence-electron chi connectivity index (χ1n) is 4.99. The highest BCUT2D eigenvalue weighted by Crippen LogP contribution is 1.94. The van der Waals surface area contributed by atoms with Crippen LogP contribution in [0.25, 0.3) is 0 Å². The van der Waals surface area contributed by atoms with Gasteiger partial charge in [-0.15, -0.1) is 0 Å². The van der Waals surface area contributed by atoms with Gasteiger partial charge in [-0.3, -0.25) is 4.79 Å². The molecule has 0 saturated heterocycles. The van der Waals surface area contributed by atoms with E-state index >= 15 is 0 Å². The van der Waals surface area contributed by atoms with Crippen LogP contribution in [0.4, 0.5) is 0 Å². The van der Waals surface area contributed by atoms with Gasteiger partial charge in [-0.05, 0) is 13.3 Å². The number of carbonyl (C=O) groups is 1. The Hall–Kier alpha value is -0.660. The third-order valence-electron chi connectivity index (χ3n) is 1.91. The van der Waals surface area contributed by atoms with Crippen LogP contribution < -0.4 is 11.1 Å². The molecule has 0 radical (unpaired) electrons. The Morgan fingerprint density at radius 3 is 2.50 bits per heavy atom. The van der Waals surface area contributed by atoms with E-state index in [4.69, 9.17) is 10.5 Å². The molecule has 0 fully saturated rings. The topological polar surface area (TPSA) is 98.5 Å². The van der Waals surface area contributed by atoms with Crippen molar-refractivity contribution in [3.63, 3.8) is 0 Å². The van der Waals surface area contributed by atoms with Gasteiger partial charge >= 0.3 is 0 Å². The normalized spacial score (nSPS) is 15.5. The summed E-state index contributed by atoms with van der Waals surface area (Å²) in [5.41, 5.74) is 5.57. The lowest BCUT2D eigenvalue weighted by Gasteiger charge is -2.16. The SMILES string of the molecule is COCCC(N)C(=O)NC(C)CS(C)(=O)=O. The van der Waals surface area contributed by atoms with E-state index in [0.29, 0.717) is 13.0 Å². The molecule has 0 aromatic carbocycles. The number of hydrogen-bond acceptors (Lipinski definition) is 5. The van der Waals surface area contributed by atoms with E-state index in [1.54, 1.807) is 6.92 Å². The lowest BCUT2D eigenvalue weighted by Crippen LogP contribution is -2.46.